The highest BCUT2D eigenvalue weighted by Gasteiger charge is 2.31. The zero-order valence-corrected chi connectivity index (χ0v) is 16.5. The Bertz CT molecular complexity index is 1010. The van der Waals surface area contributed by atoms with Crippen LogP contribution >= 0.6 is 11.3 Å². The molecule has 1 saturated heterocycles. The van der Waals surface area contributed by atoms with Gasteiger partial charge in [0.15, 0.2) is 5.13 Å². The third-order valence-corrected chi connectivity index (χ3v) is 5.73. The van der Waals surface area contributed by atoms with Gasteiger partial charge in [-0.15, -0.1) is 11.3 Å². The van der Waals surface area contributed by atoms with Gasteiger partial charge in [0.2, 0.25) is 11.8 Å². The number of anilines is 1. The van der Waals surface area contributed by atoms with Crippen molar-refractivity contribution in [2.75, 3.05) is 11.9 Å². The van der Waals surface area contributed by atoms with Crippen molar-refractivity contribution in [2.45, 2.75) is 39.0 Å². The first-order chi connectivity index (χ1) is 13.5. The maximum Gasteiger partial charge on any atom is 0.223 e. The minimum Gasteiger partial charge on any atom is -0.472 e. The number of carbonyl (C=O) groups is 1. The summed E-state index contributed by atoms with van der Waals surface area (Å²) in [6.07, 6.45) is 4.35. The van der Waals surface area contributed by atoms with Crippen LogP contribution in [0, 0.1) is 5.82 Å². The fourth-order valence-electron chi connectivity index (χ4n) is 3.51. The van der Waals surface area contributed by atoms with E-state index in [0.29, 0.717) is 17.1 Å². The number of halogens is 1. The normalized spacial score (nSPS) is 19.8. The minimum atomic E-state index is -0.270. The SMILES string of the molecule is CC(=O)Nc1ncc(CN2C[C@H](Oc3nccc4cc(F)ccc34)C[C@@H]2C)s1. The Balaban J connectivity index is 1.43. The van der Waals surface area contributed by atoms with Gasteiger partial charge in [-0.2, -0.15) is 0 Å². The monoisotopic (exact) mass is 400 g/mol. The Morgan fingerprint density at radius 3 is 3.07 bits per heavy atom. The summed E-state index contributed by atoms with van der Waals surface area (Å²) in [4.78, 5) is 23.2. The highest BCUT2D eigenvalue weighted by molar-refractivity contribution is 7.15. The van der Waals surface area contributed by atoms with Crippen LogP contribution in [0.15, 0.2) is 36.7 Å². The molecule has 6 nitrogen and oxygen atoms in total. The standard InChI is InChI=1S/C20H21FN4O2S/c1-12-7-16(10-25(12)11-17-9-23-20(28-17)24-13(2)26)27-19-18-4-3-15(21)8-14(18)5-6-22-19/h3-6,8-9,12,16H,7,10-11H2,1-2H3,(H,23,24,26)/t12-,16+/m0/s1. The van der Waals surface area contributed by atoms with Crippen molar-refractivity contribution in [1.82, 2.24) is 14.9 Å². The molecule has 3 heterocycles. The fraction of sp³-hybridized carbons (Fsp3) is 0.350. The average molecular weight is 400 g/mol. The molecule has 0 unspecified atom stereocenters. The van der Waals surface area contributed by atoms with Crippen molar-refractivity contribution in [2.24, 2.45) is 0 Å². The number of nitrogens with one attached hydrogen (secondary N) is 1. The number of amides is 1. The number of hydrogen-bond acceptors (Lipinski definition) is 6. The van der Waals surface area contributed by atoms with Gasteiger partial charge in [0.1, 0.15) is 11.9 Å². The highest BCUT2D eigenvalue weighted by atomic mass is 32.1. The molecular formula is C20H21FN4O2S. The lowest BCUT2D eigenvalue weighted by Gasteiger charge is -2.19. The Morgan fingerprint density at radius 2 is 2.25 bits per heavy atom. The summed E-state index contributed by atoms with van der Waals surface area (Å²) in [5.41, 5.74) is 0. The second kappa shape index (κ2) is 7.81. The maximum atomic E-state index is 13.5. The van der Waals surface area contributed by atoms with E-state index >= 15 is 0 Å². The maximum absolute atomic E-state index is 13.5. The minimum absolute atomic E-state index is 0.0147. The summed E-state index contributed by atoms with van der Waals surface area (Å²) < 4.78 is 19.6. The fourth-order valence-corrected chi connectivity index (χ4v) is 4.40. The lowest BCUT2D eigenvalue weighted by atomic mass is 10.1. The summed E-state index contributed by atoms with van der Waals surface area (Å²) in [5, 5.41) is 4.93. The van der Waals surface area contributed by atoms with E-state index in [1.54, 1.807) is 24.5 Å². The molecular weight excluding hydrogens is 379 g/mol. The van der Waals surface area contributed by atoms with E-state index in [9.17, 15) is 9.18 Å². The summed E-state index contributed by atoms with van der Waals surface area (Å²) in [5.74, 6) is 0.155. The van der Waals surface area contributed by atoms with E-state index in [2.05, 4.69) is 27.1 Å². The van der Waals surface area contributed by atoms with Gasteiger partial charge in [-0.25, -0.2) is 14.4 Å². The molecule has 3 aromatic rings. The van der Waals surface area contributed by atoms with E-state index in [1.165, 1.54) is 30.4 Å². The molecule has 1 aromatic carbocycles. The molecule has 0 bridgehead atoms. The van der Waals surface area contributed by atoms with Gasteiger partial charge in [-0.05, 0) is 36.6 Å². The van der Waals surface area contributed by atoms with Gasteiger partial charge in [0.25, 0.3) is 0 Å². The Hall–Kier alpha value is -2.58. The zero-order valence-electron chi connectivity index (χ0n) is 15.7. The molecule has 0 spiro atoms. The second-order valence-corrected chi connectivity index (χ2v) is 8.16. The van der Waals surface area contributed by atoms with Gasteiger partial charge < -0.3 is 10.1 Å². The van der Waals surface area contributed by atoms with Crippen LogP contribution in [0.25, 0.3) is 10.8 Å². The number of thiazole rings is 1. The van der Waals surface area contributed by atoms with Crippen LogP contribution < -0.4 is 10.1 Å². The van der Waals surface area contributed by atoms with Crippen molar-refractivity contribution in [3.8, 4) is 5.88 Å². The molecule has 2 atom stereocenters. The number of carbonyl (C=O) groups excluding carboxylic acids is 1. The van der Waals surface area contributed by atoms with Crippen LogP contribution in [0.1, 0.15) is 25.1 Å². The van der Waals surface area contributed by atoms with Gasteiger partial charge in [0, 0.05) is 55.1 Å². The molecule has 1 fully saturated rings. The average Bonchev–Trinajstić information content (AvgIpc) is 3.21. The molecule has 2 aromatic heterocycles. The number of fused-ring (bicyclic) bond motifs is 1. The van der Waals surface area contributed by atoms with Crippen molar-refractivity contribution < 1.29 is 13.9 Å². The smallest absolute Gasteiger partial charge is 0.223 e. The van der Waals surface area contributed by atoms with E-state index in [0.717, 1.165) is 35.2 Å². The molecule has 28 heavy (non-hydrogen) atoms. The molecule has 1 aliphatic heterocycles. The Morgan fingerprint density at radius 1 is 1.39 bits per heavy atom. The second-order valence-electron chi connectivity index (χ2n) is 7.05. The van der Waals surface area contributed by atoms with Crippen LogP contribution in [0.2, 0.25) is 0 Å². The van der Waals surface area contributed by atoms with Crippen LogP contribution in [-0.2, 0) is 11.3 Å². The molecule has 4 rings (SSSR count). The first-order valence-corrected chi connectivity index (χ1v) is 9.97. The molecule has 1 N–H and O–H groups in total. The number of benzene rings is 1. The quantitative estimate of drug-likeness (QED) is 0.705. The Labute approximate surface area is 166 Å². The number of nitrogens with zero attached hydrogens (tertiary/aromatic N) is 3. The molecule has 146 valence electrons. The molecule has 1 aliphatic rings. The number of likely N-dealkylation sites (tertiary alicyclic amines) is 1. The highest BCUT2D eigenvalue weighted by Crippen LogP contribution is 2.29. The van der Waals surface area contributed by atoms with E-state index in [4.69, 9.17) is 4.74 Å². The molecule has 0 radical (unpaired) electrons. The first-order valence-electron chi connectivity index (χ1n) is 9.15. The number of pyridine rings is 1. The van der Waals surface area contributed by atoms with Gasteiger partial charge in [0.05, 0.1) is 0 Å². The van der Waals surface area contributed by atoms with Gasteiger partial charge in [-0.3, -0.25) is 9.69 Å². The molecule has 0 saturated carbocycles. The third-order valence-electron chi connectivity index (χ3n) is 4.83. The number of hydrogen-bond donors (Lipinski definition) is 1. The predicted molar refractivity (Wildman–Crippen MR) is 107 cm³/mol. The Kier molecular flexibility index (Phi) is 5.23. The lowest BCUT2D eigenvalue weighted by molar-refractivity contribution is -0.114. The van der Waals surface area contributed by atoms with Crippen molar-refractivity contribution in [3.63, 3.8) is 0 Å². The number of ether oxygens (including phenoxy) is 1. The van der Waals surface area contributed by atoms with Crippen LogP contribution in [-0.4, -0.2) is 39.5 Å². The van der Waals surface area contributed by atoms with Crippen molar-refractivity contribution in [3.05, 3.63) is 47.4 Å². The van der Waals surface area contributed by atoms with Gasteiger partial charge >= 0.3 is 0 Å². The zero-order chi connectivity index (χ0) is 19.7. The topological polar surface area (TPSA) is 67.4 Å². The first kappa shape index (κ1) is 18.8. The predicted octanol–water partition coefficient (Wildman–Crippen LogP) is 3.83. The van der Waals surface area contributed by atoms with E-state index in [1.807, 2.05) is 0 Å². The summed E-state index contributed by atoms with van der Waals surface area (Å²) >= 11 is 1.49. The summed E-state index contributed by atoms with van der Waals surface area (Å²) in [7, 11) is 0. The third kappa shape index (κ3) is 4.13. The van der Waals surface area contributed by atoms with E-state index < -0.39 is 0 Å². The molecule has 0 aliphatic carbocycles. The number of rotatable bonds is 5. The number of aromatic nitrogens is 2. The summed E-state index contributed by atoms with van der Waals surface area (Å²) in [6, 6.07) is 6.76. The molecule has 1 amide bonds. The van der Waals surface area contributed by atoms with Gasteiger partial charge in [-0.1, -0.05) is 0 Å². The van der Waals surface area contributed by atoms with Crippen LogP contribution in [0.3, 0.4) is 0 Å². The summed E-state index contributed by atoms with van der Waals surface area (Å²) in [6.45, 7) is 5.17. The van der Waals surface area contributed by atoms with Crippen LogP contribution in [0.5, 0.6) is 5.88 Å². The largest absolute Gasteiger partial charge is 0.472 e. The van der Waals surface area contributed by atoms with Crippen molar-refractivity contribution in [1.29, 1.82) is 0 Å². The lowest BCUT2D eigenvalue weighted by Crippen LogP contribution is -2.27. The van der Waals surface area contributed by atoms with Crippen molar-refractivity contribution >= 4 is 33.1 Å². The molecule has 8 heteroatoms. The van der Waals surface area contributed by atoms with Crippen LogP contribution in [0.4, 0.5) is 9.52 Å². The van der Waals surface area contributed by atoms with E-state index in [-0.39, 0.29) is 17.8 Å².